The lowest BCUT2D eigenvalue weighted by Gasteiger charge is -2.21. The van der Waals surface area contributed by atoms with Gasteiger partial charge in [-0.05, 0) is 63.2 Å². The molecule has 602 valence electrons. The lowest BCUT2D eigenvalue weighted by atomic mass is 9.99. The Morgan fingerprint density at radius 3 is 0.882 bits per heavy atom. The van der Waals surface area contributed by atoms with Gasteiger partial charge in [-0.1, -0.05) is 361 Å². The van der Waals surface area contributed by atoms with Crippen molar-refractivity contribution in [1.82, 2.24) is 0 Å². The van der Waals surface area contributed by atoms with Gasteiger partial charge in [0.05, 0.1) is 26.4 Å². The molecule has 0 aliphatic rings. The average Bonchev–Trinajstić information content (AvgIpc) is 0.922. The highest BCUT2D eigenvalue weighted by Gasteiger charge is 2.30. The molecule has 0 radical (unpaired) electrons. The molecule has 0 aliphatic heterocycles. The maximum absolute atomic E-state index is 13.1. The van der Waals surface area contributed by atoms with E-state index in [4.69, 9.17) is 37.0 Å². The first-order valence-electron chi connectivity index (χ1n) is 42.3. The molecule has 6 atom stereocenters. The van der Waals surface area contributed by atoms with Gasteiger partial charge < -0.3 is 33.8 Å². The van der Waals surface area contributed by atoms with Gasteiger partial charge in [0.2, 0.25) is 0 Å². The number of rotatable bonds is 80. The Morgan fingerprint density at radius 1 is 0.324 bits per heavy atom. The van der Waals surface area contributed by atoms with Gasteiger partial charge in [-0.25, -0.2) is 9.13 Å². The second-order valence-corrected chi connectivity index (χ2v) is 32.8. The molecular weight excluding hydrogens is 1330 g/mol. The van der Waals surface area contributed by atoms with Crippen molar-refractivity contribution in [2.45, 2.75) is 432 Å². The number of hydrogen-bond donors (Lipinski definition) is 3. The van der Waals surface area contributed by atoms with Crippen LogP contribution in [-0.4, -0.2) is 96.7 Å². The molecule has 102 heavy (non-hydrogen) atoms. The normalized spacial score (nSPS) is 14.3. The van der Waals surface area contributed by atoms with E-state index in [9.17, 15) is 43.2 Å². The number of aliphatic hydroxyl groups is 1. The Bertz CT molecular complexity index is 2060. The van der Waals surface area contributed by atoms with Crippen LogP contribution in [0, 0.1) is 11.8 Å². The smallest absolute Gasteiger partial charge is 0.462 e. The second-order valence-electron chi connectivity index (χ2n) is 29.9. The van der Waals surface area contributed by atoms with Crippen LogP contribution >= 0.6 is 15.6 Å². The summed E-state index contributed by atoms with van der Waals surface area (Å²) in [6, 6.07) is 0. The van der Waals surface area contributed by atoms with E-state index in [1.54, 1.807) is 0 Å². The van der Waals surface area contributed by atoms with Crippen LogP contribution in [0.5, 0.6) is 0 Å². The fourth-order valence-corrected chi connectivity index (χ4v) is 13.9. The van der Waals surface area contributed by atoms with E-state index in [-0.39, 0.29) is 25.7 Å². The number of aliphatic hydroxyl groups excluding tert-OH is 1. The van der Waals surface area contributed by atoms with Crippen LogP contribution in [0.3, 0.4) is 0 Å². The van der Waals surface area contributed by atoms with Crippen LogP contribution in [0.4, 0.5) is 0 Å². The molecule has 0 spiro atoms. The minimum absolute atomic E-state index is 0.101. The molecule has 17 nitrogen and oxygen atoms in total. The molecule has 0 fully saturated rings. The van der Waals surface area contributed by atoms with E-state index >= 15 is 0 Å². The monoisotopic (exact) mass is 1490 g/mol. The van der Waals surface area contributed by atoms with Crippen molar-refractivity contribution in [2.75, 3.05) is 39.6 Å². The zero-order valence-electron chi connectivity index (χ0n) is 66.4. The first kappa shape index (κ1) is 99.5. The van der Waals surface area contributed by atoms with Crippen LogP contribution in [0.15, 0.2) is 24.3 Å². The second kappa shape index (κ2) is 74.0. The van der Waals surface area contributed by atoms with Crippen molar-refractivity contribution < 1.29 is 80.2 Å². The van der Waals surface area contributed by atoms with E-state index in [2.05, 4.69) is 65.8 Å². The predicted molar refractivity (Wildman–Crippen MR) is 418 cm³/mol. The van der Waals surface area contributed by atoms with E-state index in [1.807, 2.05) is 0 Å². The predicted octanol–water partition coefficient (Wildman–Crippen LogP) is 24.6. The van der Waals surface area contributed by atoms with Gasteiger partial charge in [0.15, 0.2) is 12.2 Å². The standard InChI is InChI=1S/C83H158O17P2/c1-7-10-12-14-16-18-20-22-28-33-37-41-47-53-59-65-80(85)93-71-78(99-82(87)68-62-56-49-43-39-35-31-27-25-24-26-30-32-36-40-46-52-58-64-76(6)9-3)73-97-101(89,90)95-69-77(84)70-96-102(91,92)98-74-79(72-94-81(86)66-60-54-50-44-45-51-57-63-75(4)5)100-83(88)67-61-55-48-42-38-34-29-23-21-19-17-15-13-11-8-2/h18,20,22,28,75-79,84H,7-17,19,21,23-27,29-74H2,1-6H3,(H,89,90)(H,91,92)/b20-18-,28-22-/t76?,77-,78-,79-/m1/s1. The Labute approximate surface area is 624 Å². The zero-order valence-corrected chi connectivity index (χ0v) is 68.2. The highest BCUT2D eigenvalue weighted by atomic mass is 31.2. The van der Waals surface area contributed by atoms with E-state index in [0.29, 0.717) is 31.6 Å². The molecule has 0 bridgehead atoms. The molecule has 0 aromatic heterocycles. The molecular formula is C83H158O17P2. The maximum atomic E-state index is 13.1. The summed E-state index contributed by atoms with van der Waals surface area (Å²) in [5.41, 5.74) is 0. The van der Waals surface area contributed by atoms with E-state index in [0.717, 1.165) is 121 Å². The largest absolute Gasteiger partial charge is 0.472 e. The number of phosphoric acid groups is 2. The topological polar surface area (TPSA) is 237 Å². The van der Waals surface area contributed by atoms with Crippen molar-refractivity contribution in [2.24, 2.45) is 11.8 Å². The van der Waals surface area contributed by atoms with Crippen LogP contribution in [0.25, 0.3) is 0 Å². The van der Waals surface area contributed by atoms with E-state index in [1.165, 1.54) is 205 Å². The summed E-state index contributed by atoms with van der Waals surface area (Å²) in [6.07, 6.45) is 67.5. The van der Waals surface area contributed by atoms with Crippen LogP contribution in [0.2, 0.25) is 0 Å². The van der Waals surface area contributed by atoms with Crippen LogP contribution in [-0.2, 0) is 65.4 Å². The van der Waals surface area contributed by atoms with Crippen molar-refractivity contribution in [3.63, 3.8) is 0 Å². The molecule has 0 saturated heterocycles. The van der Waals surface area contributed by atoms with Gasteiger partial charge in [-0.2, -0.15) is 0 Å². The summed E-state index contributed by atoms with van der Waals surface area (Å²) in [6.45, 7) is 9.59. The summed E-state index contributed by atoms with van der Waals surface area (Å²) >= 11 is 0. The third kappa shape index (κ3) is 74.4. The number of allylic oxidation sites excluding steroid dienone is 4. The molecule has 0 heterocycles. The SMILES string of the molecule is CCCCCC/C=C\C=C/CCCCCCCC(=O)OC[C@H](COP(=O)(O)OC[C@@H](O)COP(=O)(O)OC[C@@H](COC(=O)CCCCCCCCCC(C)C)OC(=O)CCCCCCCCCCCCCCCCC)OC(=O)CCCCCCCCCCCCCCCCCCCCC(C)CC. The Kier molecular flexibility index (Phi) is 72.2. The Balaban J connectivity index is 5.25. The summed E-state index contributed by atoms with van der Waals surface area (Å²) in [4.78, 5) is 73.0. The van der Waals surface area contributed by atoms with E-state index < -0.39 is 97.5 Å². The summed E-state index contributed by atoms with van der Waals surface area (Å²) in [7, 11) is -9.93. The highest BCUT2D eigenvalue weighted by Crippen LogP contribution is 2.45. The number of esters is 4. The third-order valence-corrected chi connectivity index (χ3v) is 21.1. The van der Waals surface area contributed by atoms with Gasteiger partial charge in [0.1, 0.15) is 19.3 Å². The zero-order chi connectivity index (χ0) is 74.9. The van der Waals surface area contributed by atoms with Gasteiger partial charge in [-0.3, -0.25) is 37.3 Å². The first-order chi connectivity index (χ1) is 49.4. The molecule has 3 N–H and O–H groups in total. The van der Waals surface area contributed by atoms with Crippen molar-refractivity contribution in [3.05, 3.63) is 24.3 Å². The minimum Gasteiger partial charge on any atom is -0.462 e. The third-order valence-electron chi connectivity index (χ3n) is 19.2. The number of phosphoric ester groups is 2. The summed E-state index contributed by atoms with van der Waals surface area (Å²) < 4.78 is 68.7. The molecule has 0 aromatic rings. The van der Waals surface area contributed by atoms with Gasteiger partial charge in [0, 0.05) is 25.7 Å². The van der Waals surface area contributed by atoms with Gasteiger partial charge >= 0.3 is 39.5 Å². The molecule has 0 aliphatic carbocycles. The molecule has 19 heteroatoms. The van der Waals surface area contributed by atoms with Crippen molar-refractivity contribution >= 4 is 39.5 Å². The Hall–Kier alpha value is -2.46. The van der Waals surface area contributed by atoms with Gasteiger partial charge in [0.25, 0.3) is 0 Å². The number of unbranched alkanes of at least 4 members (excludes halogenated alkanes) is 46. The van der Waals surface area contributed by atoms with Crippen molar-refractivity contribution in [3.8, 4) is 0 Å². The molecule has 0 saturated carbocycles. The molecule has 0 aromatic carbocycles. The highest BCUT2D eigenvalue weighted by molar-refractivity contribution is 7.47. The fraction of sp³-hybridized carbons (Fsp3) is 0.904. The number of hydrogen-bond acceptors (Lipinski definition) is 15. The minimum atomic E-state index is -4.97. The van der Waals surface area contributed by atoms with Gasteiger partial charge in [-0.15, -0.1) is 0 Å². The lowest BCUT2D eigenvalue weighted by Crippen LogP contribution is -2.30. The first-order valence-corrected chi connectivity index (χ1v) is 45.3. The summed E-state index contributed by atoms with van der Waals surface area (Å²) in [5.74, 6) is -0.565. The average molecular weight is 1490 g/mol. The Morgan fingerprint density at radius 2 is 0.578 bits per heavy atom. The lowest BCUT2D eigenvalue weighted by molar-refractivity contribution is -0.161. The molecule has 0 amide bonds. The molecule has 3 unspecified atom stereocenters. The van der Waals surface area contributed by atoms with Crippen LogP contribution in [0.1, 0.15) is 414 Å². The number of carbonyl (C=O) groups excluding carboxylic acids is 4. The quantitative estimate of drug-likeness (QED) is 0.0169. The van der Waals surface area contributed by atoms with Crippen LogP contribution < -0.4 is 0 Å². The number of ether oxygens (including phenoxy) is 4. The fourth-order valence-electron chi connectivity index (χ4n) is 12.3. The van der Waals surface area contributed by atoms with Crippen molar-refractivity contribution in [1.29, 1.82) is 0 Å². The maximum Gasteiger partial charge on any atom is 0.472 e. The number of carbonyl (C=O) groups is 4. The molecule has 0 rings (SSSR count). The summed E-state index contributed by atoms with van der Waals surface area (Å²) in [5, 5.41) is 10.6.